The summed E-state index contributed by atoms with van der Waals surface area (Å²) in [7, 11) is 0. The largest absolute Gasteiger partial charge is 0.544 e. The van der Waals surface area contributed by atoms with Gasteiger partial charge in [0.15, 0.2) is 5.58 Å². The first kappa shape index (κ1) is 18.1. The fourth-order valence-electron chi connectivity index (χ4n) is 2.64. The van der Waals surface area contributed by atoms with E-state index in [1.165, 1.54) is 0 Å². The molecule has 0 N–H and O–H groups in total. The Morgan fingerprint density at radius 1 is 1.15 bits per heavy atom. The number of carboxylic acids is 1. The highest BCUT2D eigenvalue weighted by atomic mass is 32.2. The maximum atomic E-state index is 11.5. The van der Waals surface area contributed by atoms with Gasteiger partial charge < -0.3 is 19.2 Å². The molecule has 0 bridgehead atoms. The highest BCUT2D eigenvalue weighted by Gasteiger charge is 2.10. The Morgan fingerprint density at radius 3 is 2.46 bits per heavy atom. The number of para-hydroxylation sites is 2. The number of anilines is 1. The highest BCUT2D eigenvalue weighted by Crippen LogP contribution is 2.30. The SMILES string of the molecule is CCN(CC)c1ccc(/C=C(/Sc2nc3ccccc3o2)C(=O)[O-])cc1. The number of hydrogen-bond acceptors (Lipinski definition) is 6. The third kappa shape index (κ3) is 4.08. The van der Waals surface area contributed by atoms with Gasteiger partial charge in [0.1, 0.15) is 5.52 Å². The summed E-state index contributed by atoms with van der Waals surface area (Å²) in [6.45, 7) is 6.04. The molecular weight excluding hydrogens is 348 g/mol. The Kier molecular flexibility index (Phi) is 5.63. The molecule has 6 heteroatoms. The van der Waals surface area contributed by atoms with Crippen molar-refractivity contribution < 1.29 is 14.3 Å². The third-order valence-electron chi connectivity index (χ3n) is 3.99. The van der Waals surface area contributed by atoms with Gasteiger partial charge >= 0.3 is 0 Å². The van der Waals surface area contributed by atoms with Gasteiger partial charge in [0.2, 0.25) is 0 Å². The standard InChI is InChI=1S/C20H20N2O3S/c1-3-22(4-2)15-11-9-14(10-12-15)13-18(19(23)24)26-20-21-16-7-5-6-8-17(16)25-20/h5-13H,3-4H2,1-2H3,(H,23,24)/p-1/b18-13+. The topological polar surface area (TPSA) is 69.4 Å². The van der Waals surface area contributed by atoms with Crippen LogP contribution in [0, 0.1) is 0 Å². The predicted octanol–water partition coefficient (Wildman–Crippen LogP) is 3.56. The van der Waals surface area contributed by atoms with Crippen LogP contribution in [0.25, 0.3) is 17.2 Å². The molecule has 5 nitrogen and oxygen atoms in total. The average Bonchev–Trinajstić information content (AvgIpc) is 3.06. The van der Waals surface area contributed by atoms with Gasteiger partial charge in [0, 0.05) is 23.7 Å². The molecule has 0 radical (unpaired) electrons. The highest BCUT2D eigenvalue weighted by molar-refractivity contribution is 8.03. The van der Waals surface area contributed by atoms with Crippen LogP contribution in [0.4, 0.5) is 5.69 Å². The Morgan fingerprint density at radius 2 is 1.85 bits per heavy atom. The molecule has 3 rings (SSSR count). The molecule has 0 aliphatic heterocycles. The van der Waals surface area contributed by atoms with Crippen LogP contribution in [0.1, 0.15) is 19.4 Å². The van der Waals surface area contributed by atoms with Gasteiger partial charge in [-0.15, -0.1) is 0 Å². The van der Waals surface area contributed by atoms with Gasteiger partial charge in [-0.3, -0.25) is 0 Å². The molecule has 26 heavy (non-hydrogen) atoms. The minimum absolute atomic E-state index is 0.0483. The lowest BCUT2D eigenvalue weighted by atomic mass is 10.2. The van der Waals surface area contributed by atoms with Gasteiger partial charge in [-0.2, -0.15) is 0 Å². The van der Waals surface area contributed by atoms with Crippen LogP contribution in [0.3, 0.4) is 0 Å². The van der Waals surface area contributed by atoms with Crippen LogP contribution in [-0.4, -0.2) is 24.0 Å². The molecule has 0 amide bonds. The first-order valence-electron chi connectivity index (χ1n) is 8.42. The Bertz CT molecular complexity index is 895. The summed E-state index contributed by atoms with van der Waals surface area (Å²) in [6, 6.07) is 15.1. The Balaban J connectivity index is 1.84. The van der Waals surface area contributed by atoms with E-state index < -0.39 is 5.97 Å². The third-order valence-corrected chi connectivity index (χ3v) is 4.85. The van der Waals surface area contributed by atoms with E-state index in [1.807, 2.05) is 42.5 Å². The predicted molar refractivity (Wildman–Crippen MR) is 103 cm³/mol. The molecule has 0 spiro atoms. The molecule has 3 aromatic rings. The number of rotatable bonds is 7. The summed E-state index contributed by atoms with van der Waals surface area (Å²) in [5, 5.41) is 11.8. The van der Waals surface area contributed by atoms with Crippen molar-refractivity contribution in [3.8, 4) is 0 Å². The number of aliphatic carboxylic acids is 1. The Labute approximate surface area is 156 Å². The normalized spacial score (nSPS) is 11.7. The first-order chi connectivity index (χ1) is 12.6. The smallest absolute Gasteiger partial charge is 0.261 e. The van der Waals surface area contributed by atoms with E-state index in [9.17, 15) is 9.90 Å². The second-order valence-electron chi connectivity index (χ2n) is 5.61. The number of carboxylic acid groups (broad SMARTS) is 1. The molecule has 0 fully saturated rings. The zero-order chi connectivity index (χ0) is 18.5. The molecule has 134 valence electrons. The summed E-state index contributed by atoms with van der Waals surface area (Å²) >= 11 is 0.948. The maximum absolute atomic E-state index is 11.5. The van der Waals surface area contributed by atoms with E-state index in [1.54, 1.807) is 12.1 Å². The molecule has 0 aliphatic carbocycles. The van der Waals surface area contributed by atoms with Gasteiger partial charge in [-0.05, 0) is 61.5 Å². The number of hydrogen-bond donors (Lipinski definition) is 0. The van der Waals surface area contributed by atoms with E-state index in [0.717, 1.165) is 36.1 Å². The summed E-state index contributed by atoms with van der Waals surface area (Å²) in [4.78, 5) is 18.1. The minimum atomic E-state index is -1.26. The molecular formula is C20H19N2O3S-. The van der Waals surface area contributed by atoms with E-state index in [4.69, 9.17) is 4.42 Å². The van der Waals surface area contributed by atoms with E-state index in [2.05, 4.69) is 23.7 Å². The van der Waals surface area contributed by atoms with Crippen molar-refractivity contribution in [3.63, 3.8) is 0 Å². The lowest BCUT2D eigenvalue weighted by molar-refractivity contribution is -0.298. The molecule has 2 aromatic carbocycles. The Hall–Kier alpha value is -2.73. The average molecular weight is 367 g/mol. The summed E-state index contributed by atoms with van der Waals surface area (Å²) in [5.41, 5.74) is 3.20. The lowest BCUT2D eigenvalue weighted by Gasteiger charge is -2.20. The quantitative estimate of drug-likeness (QED) is 0.470. The summed E-state index contributed by atoms with van der Waals surface area (Å²) in [6.07, 6.45) is 1.57. The molecule has 0 saturated carbocycles. The molecule has 0 saturated heterocycles. The molecule has 1 aromatic heterocycles. The number of fused-ring (bicyclic) bond motifs is 1. The van der Waals surface area contributed by atoms with Crippen molar-refractivity contribution in [1.82, 2.24) is 4.98 Å². The molecule has 0 unspecified atom stereocenters. The summed E-state index contributed by atoms with van der Waals surface area (Å²) < 4.78 is 5.58. The number of nitrogens with zero attached hydrogens (tertiary/aromatic N) is 2. The van der Waals surface area contributed by atoms with Crippen molar-refractivity contribution in [1.29, 1.82) is 0 Å². The van der Waals surface area contributed by atoms with E-state index in [-0.39, 0.29) is 10.1 Å². The van der Waals surface area contributed by atoms with Crippen molar-refractivity contribution in [2.75, 3.05) is 18.0 Å². The van der Waals surface area contributed by atoms with Gasteiger partial charge in [-0.25, -0.2) is 4.98 Å². The number of carbonyl (C=O) groups excluding carboxylic acids is 1. The van der Waals surface area contributed by atoms with Gasteiger partial charge in [-0.1, -0.05) is 24.3 Å². The van der Waals surface area contributed by atoms with Crippen molar-refractivity contribution in [3.05, 3.63) is 59.0 Å². The van der Waals surface area contributed by atoms with Crippen LogP contribution in [0.5, 0.6) is 0 Å². The maximum Gasteiger partial charge on any atom is 0.261 e. The van der Waals surface area contributed by atoms with Crippen molar-refractivity contribution in [2.24, 2.45) is 0 Å². The van der Waals surface area contributed by atoms with Crippen LogP contribution in [0.15, 0.2) is 63.1 Å². The van der Waals surface area contributed by atoms with Crippen LogP contribution >= 0.6 is 11.8 Å². The van der Waals surface area contributed by atoms with E-state index >= 15 is 0 Å². The van der Waals surface area contributed by atoms with Gasteiger partial charge in [0.25, 0.3) is 5.22 Å². The van der Waals surface area contributed by atoms with Crippen molar-refractivity contribution in [2.45, 2.75) is 19.1 Å². The second kappa shape index (κ2) is 8.10. The number of oxazole rings is 1. The minimum Gasteiger partial charge on any atom is -0.544 e. The fraction of sp³-hybridized carbons (Fsp3) is 0.200. The summed E-state index contributed by atoms with van der Waals surface area (Å²) in [5.74, 6) is -1.26. The molecule has 0 atom stereocenters. The van der Waals surface area contributed by atoms with Crippen LogP contribution in [-0.2, 0) is 4.79 Å². The zero-order valence-corrected chi connectivity index (χ0v) is 15.5. The lowest BCUT2D eigenvalue weighted by Crippen LogP contribution is -2.23. The molecule has 0 aliphatic rings. The fourth-order valence-corrected chi connectivity index (χ4v) is 3.38. The number of aromatic nitrogens is 1. The zero-order valence-electron chi connectivity index (χ0n) is 14.6. The first-order valence-corrected chi connectivity index (χ1v) is 9.23. The van der Waals surface area contributed by atoms with Crippen molar-refractivity contribution >= 4 is 40.6 Å². The monoisotopic (exact) mass is 367 g/mol. The van der Waals surface area contributed by atoms with E-state index in [0.29, 0.717) is 11.1 Å². The number of thioether (sulfide) groups is 1. The van der Waals surface area contributed by atoms with Gasteiger partial charge in [0.05, 0.1) is 5.97 Å². The number of benzene rings is 2. The number of carbonyl (C=O) groups is 1. The second-order valence-corrected chi connectivity index (χ2v) is 6.60. The van der Waals surface area contributed by atoms with Crippen LogP contribution in [0.2, 0.25) is 0 Å². The molecule has 1 heterocycles. The van der Waals surface area contributed by atoms with Crippen LogP contribution < -0.4 is 10.0 Å².